The van der Waals surface area contributed by atoms with Crippen molar-refractivity contribution in [1.82, 2.24) is 4.90 Å². The molecule has 2 N–H and O–H groups in total. The Morgan fingerprint density at radius 2 is 1.96 bits per heavy atom. The summed E-state index contributed by atoms with van der Waals surface area (Å²) < 4.78 is 18.6. The second kappa shape index (κ2) is 7.33. The van der Waals surface area contributed by atoms with Crippen molar-refractivity contribution in [3.63, 3.8) is 0 Å². The summed E-state index contributed by atoms with van der Waals surface area (Å²) in [7, 11) is 0. The predicted octanol–water partition coefficient (Wildman–Crippen LogP) is 0.0252. The number of morpholine rings is 1. The van der Waals surface area contributed by atoms with E-state index >= 15 is 0 Å². The summed E-state index contributed by atoms with van der Waals surface area (Å²) in [6.07, 6.45) is 0. The highest BCUT2D eigenvalue weighted by atomic mass is 19.1. The molecule has 0 unspecified atom stereocenters. The summed E-state index contributed by atoms with van der Waals surface area (Å²) >= 11 is 0. The Hall–Kier alpha value is -2.25. The van der Waals surface area contributed by atoms with Crippen molar-refractivity contribution in [2.45, 2.75) is 13.0 Å². The molecule has 7 heteroatoms. The van der Waals surface area contributed by atoms with Crippen molar-refractivity contribution in [2.75, 3.05) is 39.4 Å². The van der Waals surface area contributed by atoms with Crippen molar-refractivity contribution >= 4 is 11.7 Å². The van der Waals surface area contributed by atoms with Crippen LogP contribution in [0.5, 0.6) is 0 Å². The van der Waals surface area contributed by atoms with Crippen LogP contribution in [0.15, 0.2) is 35.6 Å². The zero-order valence-corrected chi connectivity index (χ0v) is 14.1. The number of hydrogen-bond acceptors (Lipinski definition) is 4. The largest absolute Gasteiger partial charge is 0.503 e. The van der Waals surface area contributed by atoms with Crippen LogP contribution in [-0.4, -0.2) is 61.1 Å². The summed E-state index contributed by atoms with van der Waals surface area (Å²) in [5, 5.41) is 10.2. The summed E-state index contributed by atoms with van der Waals surface area (Å²) in [6, 6.07) is 5.00. The number of aliphatic hydroxyl groups is 1. The maximum absolute atomic E-state index is 13.2. The quantitative estimate of drug-likeness (QED) is 0.787. The molecule has 2 heterocycles. The summed E-state index contributed by atoms with van der Waals surface area (Å²) in [5.41, 5.74) is 0.689. The molecule has 2 aliphatic heterocycles. The molecule has 1 aromatic carbocycles. The van der Waals surface area contributed by atoms with Gasteiger partial charge in [0.05, 0.1) is 37.9 Å². The van der Waals surface area contributed by atoms with Gasteiger partial charge < -0.3 is 19.6 Å². The number of quaternary nitrogens is 1. The normalized spacial score (nSPS) is 21.9. The highest BCUT2D eigenvalue weighted by Crippen LogP contribution is 2.37. The SMILES string of the molecule is CC(=O)C1=C(O)C(=O)N(CC[NH+]2CCOCC2)[C@@H]1c1ccc(F)cc1. The van der Waals surface area contributed by atoms with Gasteiger partial charge in [-0.2, -0.15) is 0 Å². The van der Waals surface area contributed by atoms with Gasteiger partial charge in [-0.15, -0.1) is 0 Å². The summed E-state index contributed by atoms with van der Waals surface area (Å²) in [5.74, 6) is -1.80. The lowest BCUT2D eigenvalue weighted by atomic mass is 9.97. The number of rotatable bonds is 5. The van der Waals surface area contributed by atoms with Crippen molar-refractivity contribution in [3.8, 4) is 0 Å². The van der Waals surface area contributed by atoms with Gasteiger partial charge in [-0.3, -0.25) is 9.59 Å². The lowest BCUT2D eigenvalue weighted by Crippen LogP contribution is -3.14. The maximum Gasteiger partial charge on any atom is 0.290 e. The Kier molecular flexibility index (Phi) is 5.15. The van der Waals surface area contributed by atoms with Crippen LogP contribution < -0.4 is 4.90 Å². The molecule has 2 aliphatic rings. The van der Waals surface area contributed by atoms with E-state index in [4.69, 9.17) is 4.74 Å². The second-order valence-electron chi connectivity index (χ2n) is 6.38. The Morgan fingerprint density at radius 1 is 1.32 bits per heavy atom. The smallest absolute Gasteiger partial charge is 0.290 e. The number of carbonyl (C=O) groups excluding carboxylic acids is 2. The first-order valence-corrected chi connectivity index (χ1v) is 8.41. The number of amides is 1. The van der Waals surface area contributed by atoms with E-state index in [0.29, 0.717) is 31.9 Å². The number of benzene rings is 1. The predicted molar refractivity (Wildman–Crippen MR) is 87.6 cm³/mol. The minimum absolute atomic E-state index is 0.0774. The van der Waals surface area contributed by atoms with Gasteiger partial charge in [-0.25, -0.2) is 4.39 Å². The van der Waals surface area contributed by atoms with Crippen molar-refractivity contribution in [2.24, 2.45) is 0 Å². The van der Waals surface area contributed by atoms with Crippen LogP contribution in [0.4, 0.5) is 4.39 Å². The minimum Gasteiger partial charge on any atom is -0.503 e. The summed E-state index contributed by atoms with van der Waals surface area (Å²) in [4.78, 5) is 27.3. The number of hydrogen-bond donors (Lipinski definition) is 2. The van der Waals surface area contributed by atoms with Gasteiger partial charge >= 0.3 is 0 Å². The first-order valence-electron chi connectivity index (χ1n) is 8.41. The van der Waals surface area contributed by atoms with Gasteiger partial charge in [0.15, 0.2) is 11.5 Å². The monoisotopic (exact) mass is 349 g/mol. The fraction of sp³-hybridized carbons (Fsp3) is 0.444. The number of nitrogens with zero attached hydrogens (tertiary/aromatic N) is 1. The van der Waals surface area contributed by atoms with Gasteiger partial charge in [0.1, 0.15) is 18.9 Å². The van der Waals surface area contributed by atoms with E-state index in [2.05, 4.69) is 0 Å². The van der Waals surface area contributed by atoms with Gasteiger partial charge in [0.25, 0.3) is 5.91 Å². The molecular formula is C18H22FN2O4+. The van der Waals surface area contributed by atoms with Crippen LogP contribution in [0.25, 0.3) is 0 Å². The standard InChI is InChI=1S/C18H21FN2O4/c1-12(22)15-16(13-2-4-14(19)5-3-13)21(18(24)17(15)23)7-6-20-8-10-25-11-9-20/h2-5,16,23H,6-11H2,1H3/p+1/t16-/m1/s1. The first-order chi connectivity index (χ1) is 12.0. The highest BCUT2D eigenvalue weighted by Gasteiger charge is 2.42. The molecule has 134 valence electrons. The number of ketones is 1. The van der Waals surface area contributed by atoms with E-state index in [9.17, 15) is 19.1 Å². The molecule has 25 heavy (non-hydrogen) atoms. The molecular weight excluding hydrogens is 327 g/mol. The zero-order chi connectivity index (χ0) is 18.0. The van der Waals surface area contributed by atoms with E-state index in [1.807, 2.05) is 0 Å². The number of Topliss-reactive ketones (excluding diaryl/α,β-unsaturated/α-hetero) is 1. The first kappa shape index (κ1) is 17.6. The third-order valence-electron chi connectivity index (χ3n) is 4.77. The molecule has 1 amide bonds. The third kappa shape index (κ3) is 3.57. The number of carbonyl (C=O) groups is 2. The Morgan fingerprint density at radius 3 is 2.56 bits per heavy atom. The van der Waals surface area contributed by atoms with Crippen molar-refractivity contribution < 1.29 is 28.7 Å². The fourth-order valence-corrected chi connectivity index (χ4v) is 3.42. The van der Waals surface area contributed by atoms with E-state index in [1.165, 1.54) is 28.9 Å². The van der Waals surface area contributed by atoms with E-state index in [0.717, 1.165) is 13.1 Å². The highest BCUT2D eigenvalue weighted by molar-refractivity contribution is 6.08. The van der Waals surface area contributed by atoms with Gasteiger partial charge in [0, 0.05) is 0 Å². The molecule has 0 saturated carbocycles. The summed E-state index contributed by atoms with van der Waals surface area (Å²) in [6.45, 7) is 5.53. The van der Waals surface area contributed by atoms with Crippen LogP contribution in [0.2, 0.25) is 0 Å². The number of nitrogens with one attached hydrogen (secondary N) is 1. The van der Waals surface area contributed by atoms with Crippen LogP contribution >= 0.6 is 0 Å². The lowest BCUT2D eigenvalue weighted by molar-refractivity contribution is -0.907. The zero-order valence-electron chi connectivity index (χ0n) is 14.1. The van der Waals surface area contributed by atoms with Crippen LogP contribution in [0.1, 0.15) is 18.5 Å². The van der Waals surface area contributed by atoms with Gasteiger partial charge in [-0.05, 0) is 24.6 Å². The van der Waals surface area contributed by atoms with E-state index < -0.39 is 23.5 Å². The molecule has 3 rings (SSSR count). The number of halogens is 1. The lowest BCUT2D eigenvalue weighted by Gasteiger charge is -2.29. The number of ether oxygens (including phenoxy) is 1. The molecule has 6 nitrogen and oxygen atoms in total. The maximum atomic E-state index is 13.2. The Labute approximate surface area is 145 Å². The molecule has 0 aliphatic carbocycles. The average Bonchev–Trinajstić information content (AvgIpc) is 2.86. The number of aliphatic hydroxyl groups excluding tert-OH is 1. The fourth-order valence-electron chi connectivity index (χ4n) is 3.42. The van der Waals surface area contributed by atoms with Crippen molar-refractivity contribution in [3.05, 3.63) is 47.0 Å². The van der Waals surface area contributed by atoms with E-state index in [1.54, 1.807) is 12.1 Å². The molecule has 0 spiro atoms. The van der Waals surface area contributed by atoms with E-state index in [-0.39, 0.29) is 11.4 Å². The van der Waals surface area contributed by atoms with Crippen LogP contribution in [-0.2, 0) is 14.3 Å². The minimum atomic E-state index is -0.675. The molecule has 0 bridgehead atoms. The second-order valence-corrected chi connectivity index (χ2v) is 6.38. The Bertz CT molecular complexity index is 696. The van der Waals surface area contributed by atoms with Crippen LogP contribution in [0, 0.1) is 5.82 Å². The van der Waals surface area contributed by atoms with Gasteiger partial charge in [-0.1, -0.05) is 12.1 Å². The molecule has 0 aromatic heterocycles. The Balaban J connectivity index is 1.85. The van der Waals surface area contributed by atoms with Crippen molar-refractivity contribution in [1.29, 1.82) is 0 Å². The average molecular weight is 349 g/mol. The molecule has 1 aromatic rings. The molecule has 0 radical (unpaired) electrons. The van der Waals surface area contributed by atoms with Gasteiger partial charge in [0.2, 0.25) is 0 Å². The topological polar surface area (TPSA) is 71.3 Å². The molecule has 1 atom stereocenters. The molecule has 1 fully saturated rings. The molecule has 1 saturated heterocycles. The third-order valence-corrected chi connectivity index (χ3v) is 4.77. The van der Waals surface area contributed by atoms with Crippen LogP contribution in [0.3, 0.4) is 0 Å².